The van der Waals surface area contributed by atoms with E-state index >= 15 is 0 Å². The van der Waals surface area contributed by atoms with Crippen molar-refractivity contribution in [2.75, 3.05) is 40.4 Å². The number of piperidine rings is 1. The Morgan fingerprint density at radius 1 is 1.50 bits per heavy atom. The number of urea groups is 1. The number of H-pyrrole nitrogens is 1. The third kappa shape index (κ3) is 3.79. The summed E-state index contributed by atoms with van der Waals surface area (Å²) in [5, 5.41) is 5.49. The van der Waals surface area contributed by atoms with Crippen LogP contribution in [0.3, 0.4) is 0 Å². The lowest BCUT2D eigenvalue weighted by Gasteiger charge is -2.32. The fourth-order valence-electron chi connectivity index (χ4n) is 2.82. The minimum absolute atomic E-state index is 0.0743. The minimum atomic E-state index is -0.0991. The van der Waals surface area contributed by atoms with Gasteiger partial charge in [-0.05, 0) is 18.9 Å². The number of rotatable bonds is 5. The molecule has 0 radical (unpaired) electrons. The molecule has 7 nitrogen and oxygen atoms in total. The lowest BCUT2D eigenvalue weighted by Crippen LogP contribution is -2.46. The lowest BCUT2D eigenvalue weighted by molar-refractivity contribution is 0.0961. The first-order valence-electron chi connectivity index (χ1n) is 7.58. The number of aromatic nitrogens is 1. The van der Waals surface area contributed by atoms with E-state index in [0.29, 0.717) is 25.3 Å². The van der Waals surface area contributed by atoms with Crippen LogP contribution in [0.15, 0.2) is 12.3 Å². The molecule has 7 heteroatoms. The minimum Gasteiger partial charge on any atom is -0.383 e. The maximum Gasteiger partial charge on any atom is 0.317 e. The van der Waals surface area contributed by atoms with Crippen LogP contribution >= 0.6 is 0 Å². The summed E-state index contributed by atoms with van der Waals surface area (Å²) in [5.74, 6) is 0.0575. The molecule has 0 saturated carbocycles. The van der Waals surface area contributed by atoms with Gasteiger partial charge in [-0.25, -0.2) is 4.79 Å². The van der Waals surface area contributed by atoms with E-state index in [9.17, 15) is 9.59 Å². The molecule has 122 valence electrons. The monoisotopic (exact) mass is 308 g/mol. The number of amides is 3. The maximum absolute atomic E-state index is 12.1. The Labute approximate surface area is 130 Å². The number of nitrogens with zero attached hydrogens (tertiary/aromatic N) is 1. The zero-order chi connectivity index (χ0) is 15.9. The Hall–Kier alpha value is -2.02. The molecule has 1 aromatic rings. The van der Waals surface area contributed by atoms with Crippen LogP contribution in [0, 0.1) is 0 Å². The molecule has 22 heavy (non-hydrogen) atoms. The first kappa shape index (κ1) is 16.4. The van der Waals surface area contributed by atoms with E-state index in [1.165, 1.54) is 0 Å². The Kier molecular flexibility index (Phi) is 5.83. The second-order valence-electron chi connectivity index (χ2n) is 5.39. The molecule has 2 rings (SSSR count). The molecule has 1 aromatic heterocycles. The number of aromatic amines is 1. The van der Waals surface area contributed by atoms with Gasteiger partial charge in [0.25, 0.3) is 5.91 Å². The van der Waals surface area contributed by atoms with E-state index in [-0.39, 0.29) is 17.9 Å². The van der Waals surface area contributed by atoms with Gasteiger partial charge in [0.05, 0.1) is 12.2 Å². The third-order valence-corrected chi connectivity index (χ3v) is 3.95. The van der Waals surface area contributed by atoms with Gasteiger partial charge < -0.3 is 25.3 Å². The summed E-state index contributed by atoms with van der Waals surface area (Å²) in [7, 11) is 3.23. The molecule has 1 aliphatic heterocycles. The van der Waals surface area contributed by atoms with Crippen molar-refractivity contribution in [1.29, 1.82) is 0 Å². The quantitative estimate of drug-likeness (QED) is 0.707. The van der Waals surface area contributed by atoms with Gasteiger partial charge in [-0.3, -0.25) is 4.79 Å². The number of nitrogens with one attached hydrogen (secondary N) is 3. The summed E-state index contributed by atoms with van der Waals surface area (Å²) >= 11 is 0. The second-order valence-corrected chi connectivity index (χ2v) is 5.39. The first-order valence-corrected chi connectivity index (χ1v) is 7.58. The van der Waals surface area contributed by atoms with Crippen molar-refractivity contribution in [3.63, 3.8) is 0 Å². The highest BCUT2D eigenvalue weighted by atomic mass is 16.5. The normalized spacial score (nSPS) is 18.1. The standard InChI is InChI=1S/C15H24N4O3/c1-16-14(20)12-5-6-17-13(12)11-4-3-8-19(10-11)15(21)18-7-9-22-2/h5-6,11,17H,3-4,7-10H2,1-2H3,(H,16,20)(H,18,21). The molecule has 1 atom stereocenters. The summed E-state index contributed by atoms with van der Waals surface area (Å²) in [6.07, 6.45) is 3.67. The molecule has 1 unspecified atom stereocenters. The average Bonchev–Trinajstić information content (AvgIpc) is 3.04. The number of hydrogen-bond donors (Lipinski definition) is 3. The molecule has 0 aromatic carbocycles. The number of hydrogen-bond acceptors (Lipinski definition) is 3. The van der Waals surface area contributed by atoms with Crippen molar-refractivity contribution in [2.45, 2.75) is 18.8 Å². The Morgan fingerprint density at radius 3 is 3.05 bits per heavy atom. The van der Waals surface area contributed by atoms with Gasteiger partial charge in [0.15, 0.2) is 0 Å². The Bertz CT molecular complexity index is 515. The van der Waals surface area contributed by atoms with E-state index in [1.54, 1.807) is 31.3 Å². The smallest absolute Gasteiger partial charge is 0.317 e. The van der Waals surface area contributed by atoms with Gasteiger partial charge in [0.2, 0.25) is 0 Å². The van der Waals surface area contributed by atoms with Crippen LogP contribution < -0.4 is 10.6 Å². The van der Waals surface area contributed by atoms with Crippen molar-refractivity contribution < 1.29 is 14.3 Å². The Morgan fingerprint density at radius 2 is 2.32 bits per heavy atom. The SMILES string of the molecule is CNC(=O)c1cc[nH]c1C1CCCN(C(=O)NCCOC)C1. The molecule has 3 N–H and O–H groups in total. The summed E-state index contributed by atoms with van der Waals surface area (Å²) in [6.45, 7) is 2.36. The van der Waals surface area contributed by atoms with Gasteiger partial charge in [-0.1, -0.05) is 0 Å². The molecular weight excluding hydrogens is 284 g/mol. The molecule has 2 heterocycles. The number of ether oxygens (including phenoxy) is 1. The van der Waals surface area contributed by atoms with E-state index in [0.717, 1.165) is 25.1 Å². The third-order valence-electron chi connectivity index (χ3n) is 3.95. The molecule has 0 aliphatic carbocycles. The molecule has 1 saturated heterocycles. The topological polar surface area (TPSA) is 86.5 Å². The van der Waals surface area contributed by atoms with Crippen LogP contribution in [-0.4, -0.2) is 62.2 Å². The fourth-order valence-corrected chi connectivity index (χ4v) is 2.82. The number of likely N-dealkylation sites (tertiary alicyclic amines) is 1. The summed E-state index contributed by atoms with van der Waals surface area (Å²) < 4.78 is 4.93. The highest BCUT2D eigenvalue weighted by Crippen LogP contribution is 2.28. The van der Waals surface area contributed by atoms with Crippen LogP contribution in [0.5, 0.6) is 0 Å². The van der Waals surface area contributed by atoms with E-state index < -0.39 is 0 Å². The van der Waals surface area contributed by atoms with E-state index in [2.05, 4.69) is 15.6 Å². The average molecular weight is 308 g/mol. The first-order chi connectivity index (χ1) is 10.7. The molecule has 1 aliphatic rings. The van der Waals surface area contributed by atoms with Gasteiger partial charge >= 0.3 is 6.03 Å². The zero-order valence-electron chi connectivity index (χ0n) is 13.1. The molecule has 3 amide bonds. The van der Waals surface area contributed by atoms with Crippen molar-refractivity contribution in [3.05, 3.63) is 23.5 Å². The van der Waals surface area contributed by atoms with Crippen molar-refractivity contribution in [1.82, 2.24) is 20.5 Å². The van der Waals surface area contributed by atoms with Crippen molar-refractivity contribution in [2.24, 2.45) is 0 Å². The van der Waals surface area contributed by atoms with Crippen LogP contribution in [0.25, 0.3) is 0 Å². The number of carbonyl (C=O) groups is 2. The largest absolute Gasteiger partial charge is 0.383 e. The molecule has 0 bridgehead atoms. The van der Waals surface area contributed by atoms with Crippen LogP contribution in [0.1, 0.15) is 34.8 Å². The van der Waals surface area contributed by atoms with E-state index in [4.69, 9.17) is 4.74 Å². The second kappa shape index (κ2) is 7.84. The van der Waals surface area contributed by atoms with Crippen LogP contribution in [-0.2, 0) is 4.74 Å². The predicted molar refractivity (Wildman–Crippen MR) is 83.0 cm³/mol. The highest BCUT2D eigenvalue weighted by Gasteiger charge is 2.28. The maximum atomic E-state index is 12.1. The van der Waals surface area contributed by atoms with Crippen LogP contribution in [0.4, 0.5) is 4.79 Å². The van der Waals surface area contributed by atoms with Crippen molar-refractivity contribution in [3.8, 4) is 0 Å². The summed E-state index contributed by atoms with van der Waals surface area (Å²) in [4.78, 5) is 29.0. The molecule has 0 spiro atoms. The summed E-state index contributed by atoms with van der Waals surface area (Å²) in [5.41, 5.74) is 1.57. The molecule has 1 fully saturated rings. The van der Waals surface area contributed by atoms with Gasteiger partial charge in [-0.2, -0.15) is 0 Å². The Balaban J connectivity index is 2.00. The van der Waals surface area contributed by atoms with Gasteiger partial charge in [0.1, 0.15) is 0 Å². The number of carbonyl (C=O) groups excluding carboxylic acids is 2. The zero-order valence-corrected chi connectivity index (χ0v) is 13.1. The van der Waals surface area contributed by atoms with E-state index in [1.807, 2.05) is 0 Å². The molecular formula is C15H24N4O3. The fraction of sp³-hybridized carbons (Fsp3) is 0.600. The van der Waals surface area contributed by atoms with Gasteiger partial charge in [-0.15, -0.1) is 0 Å². The predicted octanol–water partition coefficient (Wildman–Crippen LogP) is 0.910. The van der Waals surface area contributed by atoms with Crippen LogP contribution in [0.2, 0.25) is 0 Å². The lowest BCUT2D eigenvalue weighted by atomic mass is 9.92. The summed E-state index contributed by atoms with van der Waals surface area (Å²) in [6, 6.07) is 1.71. The van der Waals surface area contributed by atoms with Gasteiger partial charge in [0, 0.05) is 51.6 Å². The highest BCUT2D eigenvalue weighted by molar-refractivity contribution is 5.95. The van der Waals surface area contributed by atoms with Crippen molar-refractivity contribution >= 4 is 11.9 Å². The number of methoxy groups -OCH3 is 1.